The number of amidine groups is 1. The van der Waals surface area contributed by atoms with Crippen molar-refractivity contribution in [2.75, 3.05) is 0 Å². The van der Waals surface area contributed by atoms with Gasteiger partial charge in [-0.2, -0.15) is 0 Å². The third-order valence-electron chi connectivity index (χ3n) is 2.34. The molecule has 0 unspecified atom stereocenters. The number of amides is 3. The first kappa shape index (κ1) is 14.1. The van der Waals surface area contributed by atoms with E-state index >= 15 is 0 Å². The molecule has 0 bridgehead atoms. The second-order valence-corrected chi connectivity index (χ2v) is 5.02. The lowest BCUT2D eigenvalue weighted by molar-refractivity contribution is -0.125. The third kappa shape index (κ3) is 2.67. The van der Waals surface area contributed by atoms with Crippen molar-refractivity contribution in [3.63, 3.8) is 0 Å². The van der Waals surface area contributed by atoms with E-state index in [2.05, 4.69) is 11.6 Å². The van der Waals surface area contributed by atoms with Crippen LogP contribution in [0.3, 0.4) is 0 Å². The zero-order chi connectivity index (χ0) is 13.2. The van der Waals surface area contributed by atoms with Gasteiger partial charge < -0.3 is 0 Å². The van der Waals surface area contributed by atoms with E-state index in [1.165, 1.54) is 9.19 Å². The summed E-state index contributed by atoms with van der Waals surface area (Å²) in [6.07, 6.45) is 2.04. The van der Waals surface area contributed by atoms with Crippen LogP contribution in [0, 0.1) is 0 Å². The standard InChI is InChI=1S/C11H16IN3O2/c1-5-8-10(16)14(11(17)15(8)12)9(6-2)13-7(3)4/h6-8H,2,5H2,1,3-4H3/b13-9+/t8-/m1/s1. The fourth-order valence-electron chi connectivity index (χ4n) is 1.58. The minimum atomic E-state index is -0.402. The lowest BCUT2D eigenvalue weighted by Crippen LogP contribution is -2.36. The summed E-state index contributed by atoms with van der Waals surface area (Å²) in [5, 5.41) is 0. The SMILES string of the molecule is C=C/C(=N\C(C)C)N1C(=O)[C@@H](CC)N(I)C1=O. The minimum absolute atomic E-state index is 0.00642. The van der Waals surface area contributed by atoms with Crippen LogP contribution in [-0.2, 0) is 4.79 Å². The highest BCUT2D eigenvalue weighted by atomic mass is 127. The van der Waals surface area contributed by atoms with E-state index in [-0.39, 0.29) is 18.0 Å². The quantitative estimate of drug-likeness (QED) is 0.258. The third-order valence-corrected chi connectivity index (χ3v) is 3.43. The van der Waals surface area contributed by atoms with Gasteiger partial charge in [0.1, 0.15) is 11.9 Å². The molecule has 1 aliphatic heterocycles. The molecule has 0 N–H and O–H groups in total. The summed E-state index contributed by atoms with van der Waals surface area (Å²) >= 11 is 1.87. The number of urea groups is 1. The molecule has 3 amide bonds. The van der Waals surface area contributed by atoms with Gasteiger partial charge >= 0.3 is 6.03 Å². The summed E-state index contributed by atoms with van der Waals surface area (Å²) in [4.78, 5) is 29.4. The number of hydrogen-bond donors (Lipinski definition) is 0. The van der Waals surface area contributed by atoms with Crippen molar-refractivity contribution in [3.8, 4) is 0 Å². The number of carbonyl (C=O) groups is 2. The molecule has 1 saturated heterocycles. The van der Waals surface area contributed by atoms with Crippen LogP contribution in [0.25, 0.3) is 0 Å². The van der Waals surface area contributed by atoms with Gasteiger partial charge in [-0.05, 0) is 26.3 Å². The van der Waals surface area contributed by atoms with Crippen molar-refractivity contribution in [1.82, 2.24) is 8.01 Å². The molecule has 0 radical (unpaired) electrons. The first-order chi connectivity index (χ1) is 7.93. The van der Waals surface area contributed by atoms with Crippen LogP contribution in [-0.4, -0.2) is 37.9 Å². The van der Waals surface area contributed by atoms with Gasteiger partial charge in [-0.15, -0.1) is 0 Å². The Hall–Kier alpha value is -0.920. The highest BCUT2D eigenvalue weighted by Gasteiger charge is 2.44. The molecule has 1 fully saturated rings. The molecule has 0 spiro atoms. The lowest BCUT2D eigenvalue weighted by Gasteiger charge is -2.13. The minimum Gasteiger partial charge on any atom is -0.271 e. The Morgan fingerprint density at radius 3 is 2.53 bits per heavy atom. The van der Waals surface area contributed by atoms with Gasteiger partial charge in [0, 0.05) is 6.04 Å². The van der Waals surface area contributed by atoms with Crippen LogP contribution in [0.2, 0.25) is 0 Å². The number of carbonyl (C=O) groups excluding carboxylic acids is 2. The lowest BCUT2D eigenvalue weighted by atomic mass is 10.2. The van der Waals surface area contributed by atoms with Gasteiger partial charge in [-0.3, -0.25) is 12.9 Å². The molecule has 17 heavy (non-hydrogen) atoms. The highest BCUT2D eigenvalue weighted by molar-refractivity contribution is 14.1. The Bertz CT molecular complexity index is 379. The van der Waals surface area contributed by atoms with Crippen LogP contribution < -0.4 is 0 Å². The van der Waals surface area contributed by atoms with E-state index in [9.17, 15) is 9.59 Å². The molecule has 6 heteroatoms. The molecule has 0 aliphatic carbocycles. The van der Waals surface area contributed by atoms with Gasteiger partial charge in [0.25, 0.3) is 5.91 Å². The summed E-state index contributed by atoms with van der Waals surface area (Å²) in [6.45, 7) is 9.24. The number of imide groups is 1. The van der Waals surface area contributed by atoms with Gasteiger partial charge in [-0.1, -0.05) is 13.5 Å². The van der Waals surface area contributed by atoms with Crippen LogP contribution in [0.1, 0.15) is 27.2 Å². The smallest absolute Gasteiger partial charge is 0.271 e. The Morgan fingerprint density at radius 1 is 1.59 bits per heavy atom. The fraction of sp³-hybridized carbons (Fsp3) is 0.545. The first-order valence-electron chi connectivity index (χ1n) is 5.47. The molecule has 0 aromatic heterocycles. The second-order valence-electron chi connectivity index (χ2n) is 3.98. The molecule has 1 aliphatic rings. The average Bonchev–Trinajstić information content (AvgIpc) is 2.47. The van der Waals surface area contributed by atoms with Crippen LogP contribution in [0.5, 0.6) is 0 Å². The predicted octanol–water partition coefficient (Wildman–Crippen LogP) is 2.37. The topological polar surface area (TPSA) is 53.0 Å². The van der Waals surface area contributed by atoms with Crippen LogP contribution in [0.15, 0.2) is 17.6 Å². The van der Waals surface area contributed by atoms with E-state index in [1.807, 2.05) is 43.6 Å². The van der Waals surface area contributed by atoms with Gasteiger partial charge in [0.2, 0.25) is 0 Å². The highest BCUT2D eigenvalue weighted by Crippen LogP contribution is 2.24. The maximum Gasteiger partial charge on any atom is 0.342 e. The summed E-state index contributed by atoms with van der Waals surface area (Å²) in [6, 6.07) is -0.742. The van der Waals surface area contributed by atoms with Crippen molar-refractivity contribution < 1.29 is 9.59 Å². The molecule has 0 aromatic carbocycles. The number of nitrogens with zero attached hydrogens (tertiary/aromatic N) is 3. The number of rotatable bonds is 3. The van der Waals surface area contributed by atoms with E-state index in [4.69, 9.17) is 0 Å². The molecule has 0 saturated carbocycles. The molecular weight excluding hydrogens is 333 g/mol. The molecule has 1 rings (SSSR count). The Kier molecular flexibility index (Phi) is 4.67. The van der Waals surface area contributed by atoms with E-state index in [0.29, 0.717) is 12.3 Å². The van der Waals surface area contributed by atoms with E-state index in [1.54, 1.807) is 0 Å². The Labute approximate surface area is 115 Å². The molecule has 94 valence electrons. The maximum absolute atomic E-state index is 12.1. The number of halogens is 1. The van der Waals surface area contributed by atoms with Gasteiger partial charge in [-0.25, -0.2) is 9.69 Å². The van der Waals surface area contributed by atoms with Gasteiger partial charge in [0.15, 0.2) is 0 Å². The number of aliphatic imine (C=N–C) groups is 1. The monoisotopic (exact) mass is 349 g/mol. The largest absolute Gasteiger partial charge is 0.342 e. The summed E-state index contributed by atoms with van der Waals surface area (Å²) in [7, 11) is 0. The predicted molar refractivity (Wildman–Crippen MR) is 74.9 cm³/mol. The van der Waals surface area contributed by atoms with E-state index < -0.39 is 6.04 Å². The molecular formula is C11H16IN3O2. The van der Waals surface area contributed by atoms with Crippen molar-refractivity contribution in [3.05, 3.63) is 12.7 Å². The molecule has 1 heterocycles. The summed E-state index contributed by atoms with van der Waals surface area (Å²) < 4.78 is 1.42. The number of hydrogen-bond acceptors (Lipinski definition) is 3. The zero-order valence-electron chi connectivity index (χ0n) is 10.2. The summed E-state index contributed by atoms with van der Waals surface area (Å²) in [5.74, 6) is 0.0961. The van der Waals surface area contributed by atoms with E-state index in [0.717, 1.165) is 4.90 Å². The Balaban J connectivity index is 3.10. The van der Waals surface area contributed by atoms with Crippen LogP contribution in [0.4, 0.5) is 4.79 Å². The molecule has 1 atom stereocenters. The fourth-order valence-corrected chi connectivity index (χ4v) is 2.43. The van der Waals surface area contributed by atoms with Crippen LogP contribution >= 0.6 is 22.9 Å². The Morgan fingerprint density at radius 2 is 2.18 bits per heavy atom. The average molecular weight is 349 g/mol. The molecule has 5 nitrogen and oxygen atoms in total. The summed E-state index contributed by atoms with van der Waals surface area (Å²) in [5.41, 5.74) is 0. The van der Waals surface area contributed by atoms with Crippen molar-refractivity contribution >= 4 is 40.6 Å². The first-order valence-corrected chi connectivity index (χ1v) is 6.43. The zero-order valence-corrected chi connectivity index (χ0v) is 12.3. The van der Waals surface area contributed by atoms with Gasteiger partial charge in [0.05, 0.1) is 22.9 Å². The normalized spacial score (nSPS) is 21.7. The van der Waals surface area contributed by atoms with Crippen molar-refractivity contribution in [2.24, 2.45) is 4.99 Å². The maximum atomic E-state index is 12.1. The van der Waals surface area contributed by atoms with Crippen molar-refractivity contribution in [1.29, 1.82) is 0 Å². The molecule has 0 aromatic rings. The second kappa shape index (κ2) is 5.61. The van der Waals surface area contributed by atoms with Crippen molar-refractivity contribution in [2.45, 2.75) is 39.3 Å².